The van der Waals surface area contributed by atoms with Gasteiger partial charge in [0.25, 0.3) is 0 Å². The first-order valence-corrected chi connectivity index (χ1v) is 13.8. The van der Waals surface area contributed by atoms with Crippen LogP contribution in [-0.4, -0.2) is 72.6 Å². The lowest BCUT2D eigenvalue weighted by Gasteiger charge is -2.44. The molecule has 1 aromatic carbocycles. The second-order valence-electron chi connectivity index (χ2n) is 9.44. The van der Waals surface area contributed by atoms with Crippen molar-refractivity contribution in [3.63, 3.8) is 0 Å². The first kappa shape index (κ1) is 30.7. The van der Waals surface area contributed by atoms with Crippen LogP contribution >= 0.6 is 11.3 Å². The fourth-order valence-corrected chi connectivity index (χ4v) is 5.18. The monoisotopic (exact) mass is 603 g/mol. The number of fused-ring (bicyclic) bond motifs is 1. The molecule has 3 heterocycles. The van der Waals surface area contributed by atoms with Gasteiger partial charge in [-0.2, -0.15) is 0 Å². The number of ether oxygens (including phenoxy) is 6. The van der Waals surface area contributed by atoms with E-state index in [1.54, 1.807) is 29.9 Å². The number of carbonyl (C=O) groups excluding carboxylic acids is 4. The highest BCUT2D eigenvalue weighted by atomic mass is 32.1. The van der Waals surface area contributed by atoms with Gasteiger partial charge in [-0.25, -0.2) is 4.98 Å². The molecule has 5 unspecified atom stereocenters. The summed E-state index contributed by atoms with van der Waals surface area (Å²) in [5.74, 6) is -2.13. The maximum Gasteiger partial charge on any atom is 0.303 e. The summed E-state index contributed by atoms with van der Waals surface area (Å²) < 4.78 is 39.3. The molecule has 1 saturated heterocycles. The van der Waals surface area contributed by atoms with Gasteiger partial charge in [-0.1, -0.05) is 0 Å². The van der Waals surface area contributed by atoms with Crippen molar-refractivity contribution in [1.29, 1.82) is 0 Å². The van der Waals surface area contributed by atoms with E-state index in [0.717, 1.165) is 20.8 Å². The molecule has 42 heavy (non-hydrogen) atoms. The summed E-state index contributed by atoms with van der Waals surface area (Å²) in [6.07, 6.45) is -5.99. The number of esters is 4. The van der Waals surface area contributed by atoms with Gasteiger partial charge in [0, 0.05) is 39.1 Å². The van der Waals surface area contributed by atoms with Crippen molar-refractivity contribution in [2.45, 2.75) is 65.1 Å². The topological polar surface area (TPSA) is 167 Å². The van der Waals surface area contributed by atoms with Gasteiger partial charge in [-0.05, 0) is 19.1 Å². The first-order chi connectivity index (χ1) is 19.9. The number of benzene rings is 1. The van der Waals surface area contributed by atoms with Gasteiger partial charge >= 0.3 is 23.9 Å². The van der Waals surface area contributed by atoms with Gasteiger partial charge in [0.1, 0.15) is 42.5 Å². The fraction of sp³-hybridized carbons (Fsp3) is 0.429. The summed E-state index contributed by atoms with van der Waals surface area (Å²) >= 11 is 1.36. The molecule has 0 radical (unpaired) electrons. The molecule has 0 spiro atoms. The van der Waals surface area contributed by atoms with Crippen molar-refractivity contribution in [3.05, 3.63) is 45.1 Å². The van der Waals surface area contributed by atoms with Crippen molar-refractivity contribution in [2.24, 2.45) is 0 Å². The van der Waals surface area contributed by atoms with E-state index >= 15 is 0 Å². The smallest absolute Gasteiger partial charge is 0.303 e. The predicted molar refractivity (Wildman–Crippen MR) is 146 cm³/mol. The summed E-state index contributed by atoms with van der Waals surface area (Å²) in [6.45, 7) is 5.70. The number of hydrogen-bond acceptors (Lipinski definition) is 14. The maximum absolute atomic E-state index is 13.2. The highest BCUT2D eigenvalue weighted by Gasteiger charge is 2.52. The SMILES string of the molecule is CC(=O)OCC1OC(COc2ccc3c(=O)c(-c4cscn4)c(C)oc3c2)C(OC(C)=O)C(OC(C)=O)C1OC(C)=O. The lowest BCUT2D eigenvalue weighted by Crippen LogP contribution is -2.63. The Morgan fingerprint density at radius 2 is 1.50 bits per heavy atom. The molecule has 5 atom stereocenters. The molecule has 2 aromatic heterocycles. The molecule has 1 fully saturated rings. The van der Waals surface area contributed by atoms with Crippen LogP contribution in [0.25, 0.3) is 22.2 Å². The summed E-state index contributed by atoms with van der Waals surface area (Å²) in [5, 5.41) is 2.08. The van der Waals surface area contributed by atoms with Gasteiger partial charge in [0.2, 0.25) is 5.43 Å². The number of carbonyl (C=O) groups is 4. The molecular weight excluding hydrogens is 574 g/mol. The van der Waals surface area contributed by atoms with Crippen LogP contribution in [0.4, 0.5) is 0 Å². The molecule has 224 valence electrons. The fourth-order valence-electron chi connectivity index (χ4n) is 4.64. The normalized spacial score (nSPS) is 21.8. The molecule has 0 saturated carbocycles. The van der Waals surface area contributed by atoms with Crippen molar-refractivity contribution in [2.75, 3.05) is 13.2 Å². The first-order valence-electron chi connectivity index (χ1n) is 12.8. The lowest BCUT2D eigenvalue weighted by molar-refractivity contribution is -0.255. The van der Waals surface area contributed by atoms with Gasteiger partial charge in [-0.15, -0.1) is 11.3 Å². The lowest BCUT2D eigenvalue weighted by atomic mass is 9.94. The molecule has 3 aromatic rings. The Balaban J connectivity index is 1.64. The van der Waals surface area contributed by atoms with Crippen LogP contribution < -0.4 is 10.2 Å². The number of rotatable bonds is 9. The van der Waals surface area contributed by atoms with E-state index < -0.39 is 54.4 Å². The second kappa shape index (κ2) is 13.1. The third-order valence-corrected chi connectivity index (χ3v) is 6.82. The second-order valence-corrected chi connectivity index (χ2v) is 10.2. The molecule has 0 amide bonds. The highest BCUT2D eigenvalue weighted by molar-refractivity contribution is 7.07. The molecule has 1 aliphatic heterocycles. The minimum absolute atomic E-state index is 0.245. The molecular formula is C28H29NO12S. The third kappa shape index (κ3) is 7.12. The number of hydrogen-bond donors (Lipinski definition) is 0. The van der Waals surface area contributed by atoms with Crippen LogP contribution in [-0.2, 0) is 42.9 Å². The minimum Gasteiger partial charge on any atom is -0.491 e. The van der Waals surface area contributed by atoms with Crippen LogP contribution in [0.1, 0.15) is 33.5 Å². The van der Waals surface area contributed by atoms with Crippen LogP contribution in [0.5, 0.6) is 5.75 Å². The van der Waals surface area contributed by atoms with Gasteiger partial charge in [-0.3, -0.25) is 24.0 Å². The third-order valence-electron chi connectivity index (χ3n) is 6.23. The summed E-state index contributed by atoms with van der Waals surface area (Å²) in [7, 11) is 0. The Hall–Kier alpha value is -4.30. The van der Waals surface area contributed by atoms with Crippen molar-refractivity contribution >= 4 is 46.2 Å². The average molecular weight is 604 g/mol. The van der Waals surface area contributed by atoms with Crippen LogP contribution in [0.15, 0.2) is 38.3 Å². The molecule has 0 bridgehead atoms. The molecule has 13 nitrogen and oxygen atoms in total. The van der Waals surface area contributed by atoms with Crippen molar-refractivity contribution in [3.8, 4) is 17.0 Å². The van der Waals surface area contributed by atoms with E-state index in [9.17, 15) is 24.0 Å². The van der Waals surface area contributed by atoms with Gasteiger partial charge in [0.05, 0.1) is 22.2 Å². The molecule has 0 aliphatic carbocycles. The van der Waals surface area contributed by atoms with E-state index in [4.69, 9.17) is 32.8 Å². The molecule has 1 aliphatic rings. The minimum atomic E-state index is -1.31. The summed E-state index contributed by atoms with van der Waals surface area (Å²) in [6, 6.07) is 4.64. The average Bonchev–Trinajstić information content (AvgIpc) is 3.42. The van der Waals surface area contributed by atoms with E-state index in [2.05, 4.69) is 4.98 Å². The Morgan fingerprint density at radius 3 is 2.07 bits per heavy atom. The zero-order valence-electron chi connectivity index (χ0n) is 23.4. The number of aryl methyl sites for hydroxylation is 1. The largest absolute Gasteiger partial charge is 0.491 e. The van der Waals surface area contributed by atoms with E-state index in [1.807, 2.05) is 0 Å². The Kier molecular flexibility index (Phi) is 9.58. The maximum atomic E-state index is 13.2. The summed E-state index contributed by atoms with van der Waals surface area (Å²) in [5.41, 5.74) is 2.55. The Labute approximate surface area is 243 Å². The Morgan fingerprint density at radius 1 is 0.881 bits per heavy atom. The van der Waals surface area contributed by atoms with Crippen molar-refractivity contribution < 1.29 is 52.0 Å². The number of nitrogens with zero attached hydrogens (tertiary/aromatic N) is 1. The van der Waals surface area contributed by atoms with Gasteiger partial charge < -0.3 is 32.8 Å². The number of thiazole rings is 1. The van der Waals surface area contributed by atoms with E-state index in [1.165, 1.54) is 24.3 Å². The quantitative estimate of drug-likeness (QED) is 0.259. The Bertz CT molecular complexity index is 1530. The van der Waals surface area contributed by atoms with Gasteiger partial charge in [0.15, 0.2) is 18.3 Å². The highest BCUT2D eigenvalue weighted by Crippen LogP contribution is 2.31. The zero-order valence-corrected chi connectivity index (χ0v) is 24.3. The van der Waals surface area contributed by atoms with E-state index in [-0.39, 0.29) is 24.2 Å². The van der Waals surface area contributed by atoms with Crippen molar-refractivity contribution in [1.82, 2.24) is 4.98 Å². The standard InChI is InChI=1S/C28H29NO12S/c1-13-24(20-11-42-12-29-20)25(34)19-7-6-18(8-21(19)37-13)36-10-23-27(39-16(4)32)28(40-17(5)33)26(38-15(3)31)22(41-23)9-35-14(2)30/h6-8,11-12,22-23,26-28H,9-10H2,1-5H3. The molecule has 14 heteroatoms. The van der Waals surface area contributed by atoms with Crippen LogP contribution in [0.3, 0.4) is 0 Å². The van der Waals surface area contributed by atoms with Crippen LogP contribution in [0, 0.1) is 6.92 Å². The number of aromatic nitrogens is 1. The van der Waals surface area contributed by atoms with E-state index in [0.29, 0.717) is 28.2 Å². The zero-order chi connectivity index (χ0) is 30.6. The predicted octanol–water partition coefficient (Wildman–Crippen LogP) is 2.73. The van der Waals surface area contributed by atoms with Crippen LogP contribution in [0.2, 0.25) is 0 Å². The summed E-state index contributed by atoms with van der Waals surface area (Å²) in [4.78, 5) is 64.8. The molecule has 0 N–H and O–H groups in total. The molecule has 4 rings (SSSR count).